The van der Waals surface area contributed by atoms with Crippen LogP contribution in [0.3, 0.4) is 0 Å². The van der Waals surface area contributed by atoms with E-state index >= 15 is 0 Å². The van der Waals surface area contributed by atoms with Gasteiger partial charge in [-0.05, 0) is 76.5 Å². The van der Waals surface area contributed by atoms with Crippen molar-refractivity contribution in [3.63, 3.8) is 0 Å². The summed E-state index contributed by atoms with van der Waals surface area (Å²) in [7, 11) is 0. The molecule has 1 saturated heterocycles. The molecule has 0 radical (unpaired) electrons. The van der Waals surface area contributed by atoms with Gasteiger partial charge in [-0.15, -0.1) is 0 Å². The summed E-state index contributed by atoms with van der Waals surface area (Å²) in [5.74, 6) is 0.874. The van der Waals surface area contributed by atoms with Crippen LogP contribution >= 0.6 is 23.4 Å². The fraction of sp³-hybridized carbons (Fsp3) is 0.133. The van der Waals surface area contributed by atoms with Crippen LogP contribution in [0.2, 0.25) is 5.02 Å². The number of fused-ring (bicyclic) bond motifs is 1. The second kappa shape index (κ2) is 11.1. The van der Waals surface area contributed by atoms with Crippen LogP contribution in [-0.4, -0.2) is 22.7 Å². The van der Waals surface area contributed by atoms with Gasteiger partial charge in [0, 0.05) is 5.02 Å². The summed E-state index contributed by atoms with van der Waals surface area (Å²) in [5.41, 5.74) is 2.66. The highest BCUT2D eigenvalue weighted by Gasteiger charge is 2.35. The Balaban J connectivity index is 1.34. The molecule has 37 heavy (non-hydrogen) atoms. The Bertz CT molecular complexity index is 1490. The van der Waals surface area contributed by atoms with Crippen molar-refractivity contribution >= 4 is 51.4 Å². The summed E-state index contributed by atoms with van der Waals surface area (Å²) in [5, 5.41) is 2.61. The largest absolute Gasteiger partial charge is 0.490 e. The van der Waals surface area contributed by atoms with E-state index in [0.717, 1.165) is 39.2 Å². The van der Waals surface area contributed by atoms with Gasteiger partial charge in [-0.25, -0.2) is 0 Å². The molecule has 0 aromatic heterocycles. The number of carbonyl (C=O) groups is 2. The molecule has 4 aromatic carbocycles. The lowest BCUT2D eigenvalue weighted by Crippen LogP contribution is -2.27. The number of ether oxygens (including phenoxy) is 2. The van der Waals surface area contributed by atoms with Crippen LogP contribution < -0.4 is 9.47 Å². The maximum Gasteiger partial charge on any atom is 0.293 e. The highest BCUT2D eigenvalue weighted by molar-refractivity contribution is 8.18. The molecule has 0 spiro atoms. The Morgan fingerprint density at radius 3 is 2.49 bits per heavy atom. The molecule has 0 aliphatic carbocycles. The fourth-order valence-corrected chi connectivity index (χ4v) is 5.10. The standard InChI is InChI=1S/C30H24ClNO4S/c1-2-35-27-16-21(12-15-26(27)36-19-23-8-5-7-22-6-3-4-9-25(22)23)17-28-29(33)32(30(34)37-28)18-20-10-13-24(31)14-11-20/h3-17H,2,18-19H2,1H3/b28-17-. The molecule has 186 valence electrons. The van der Waals surface area contributed by atoms with Crippen molar-refractivity contribution in [1.82, 2.24) is 4.90 Å². The second-order valence-electron chi connectivity index (χ2n) is 8.46. The zero-order valence-electron chi connectivity index (χ0n) is 20.1. The van der Waals surface area contributed by atoms with E-state index in [0.29, 0.717) is 34.6 Å². The minimum atomic E-state index is -0.320. The maximum atomic E-state index is 13.0. The monoisotopic (exact) mass is 529 g/mol. The van der Waals surface area contributed by atoms with Crippen molar-refractivity contribution in [3.05, 3.63) is 112 Å². The molecule has 1 aliphatic rings. The molecule has 4 aromatic rings. The number of thioether (sulfide) groups is 1. The van der Waals surface area contributed by atoms with Crippen LogP contribution in [0.15, 0.2) is 89.8 Å². The topological polar surface area (TPSA) is 55.8 Å². The van der Waals surface area contributed by atoms with Crippen molar-refractivity contribution in [2.45, 2.75) is 20.1 Å². The second-order valence-corrected chi connectivity index (χ2v) is 9.89. The number of nitrogens with zero attached hydrogens (tertiary/aromatic N) is 1. The van der Waals surface area contributed by atoms with Gasteiger partial charge < -0.3 is 9.47 Å². The van der Waals surface area contributed by atoms with E-state index in [9.17, 15) is 9.59 Å². The predicted molar refractivity (Wildman–Crippen MR) is 149 cm³/mol. The third-order valence-electron chi connectivity index (χ3n) is 5.96. The maximum absolute atomic E-state index is 13.0. The molecular weight excluding hydrogens is 506 g/mol. The molecule has 5 rings (SSSR count). The van der Waals surface area contributed by atoms with Gasteiger partial charge in [0.15, 0.2) is 11.5 Å². The molecule has 1 heterocycles. The quantitative estimate of drug-likeness (QED) is 0.219. The molecule has 0 unspecified atom stereocenters. The van der Waals surface area contributed by atoms with Crippen LogP contribution in [0.5, 0.6) is 11.5 Å². The number of hydrogen-bond acceptors (Lipinski definition) is 5. The summed E-state index contributed by atoms with van der Waals surface area (Å²) in [4.78, 5) is 27.1. The first-order valence-corrected chi connectivity index (χ1v) is 13.1. The molecule has 7 heteroatoms. The summed E-state index contributed by atoms with van der Waals surface area (Å²) >= 11 is 6.87. The van der Waals surface area contributed by atoms with E-state index in [1.165, 1.54) is 4.90 Å². The molecule has 1 fully saturated rings. The first-order valence-electron chi connectivity index (χ1n) is 11.9. The van der Waals surface area contributed by atoms with Crippen molar-refractivity contribution in [1.29, 1.82) is 0 Å². The minimum absolute atomic E-state index is 0.199. The predicted octanol–water partition coefficient (Wildman–Crippen LogP) is 7.71. The molecule has 0 atom stereocenters. The summed E-state index contributed by atoms with van der Waals surface area (Å²) in [6.07, 6.45) is 1.71. The Hall–Kier alpha value is -3.74. The SMILES string of the molecule is CCOc1cc(/C=C2\SC(=O)N(Cc3ccc(Cl)cc3)C2=O)ccc1OCc1cccc2ccccc12. The summed E-state index contributed by atoms with van der Waals surface area (Å²) in [6.45, 7) is 2.96. The van der Waals surface area contributed by atoms with Gasteiger partial charge in [-0.2, -0.15) is 0 Å². The van der Waals surface area contributed by atoms with E-state index in [-0.39, 0.29) is 17.7 Å². The zero-order valence-corrected chi connectivity index (χ0v) is 21.7. The number of halogens is 1. The number of rotatable bonds is 8. The highest BCUT2D eigenvalue weighted by atomic mass is 35.5. The van der Waals surface area contributed by atoms with Crippen LogP contribution in [0.1, 0.15) is 23.6 Å². The smallest absolute Gasteiger partial charge is 0.293 e. The zero-order chi connectivity index (χ0) is 25.8. The van der Waals surface area contributed by atoms with Gasteiger partial charge >= 0.3 is 0 Å². The van der Waals surface area contributed by atoms with Crippen LogP contribution in [0.4, 0.5) is 4.79 Å². The normalized spacial score (nSPS) is 14.5. The van der Waals surface area contributed by atoms with Gasteiger partial charge in [0.1, 0.15) is 6.61 Å². The van der Waals surface area contributed by atoms with Crippen molar-refractivity contribution in [2.24, 2.45) is 0 Å². The van der Waals surface area contributed by atoms with E-state index in [4.69, 9.17) is 21.1 Å². The number of carbonyl (C=O) groups excluding carboxylic acids is 2. The molecule has 5 nitrogen and oxygen atoms in total. The fourth-order valence-electron chi connectivity index (χ4n) is 4.14. The average molecular weight is 530 g/mol. The van der Waals surface area contributed by atoms with E-state index in [1.54, 1.807) is 30.3 Å². The third kappa shape index (κ3) is 5.66. The third-order valence-corrected chi connectivity index (χ3v) is 7.12. The number of benzene rings is 4. The lowest BCUT2D eigenvalue weighted by atomic mass is 10.1. The van der Waals surface area contributed by atoms with Gasteiger partial charge in [0.25, 0.3) is 11.1 Å². The minimum Gasteiger partial charge on any atom is -0.490 e. The first kappa shape index (κ1) is 24.9. The lowest BCUT2D eigenvalue weighted by Gasteiger charge is -2.14. The van der Waals surface area contributed by atoms with E-state index in [2.05, 4.69) is 24.3 Å². The number of amides is 2. The summed E-state index contributed by atoms with van der Waals surface area (Å²) < 4.78 is 12.0. The molecular formula is C30H24ClNO4S. The van der Waals surface area contributed by atoms with Crippen molar-refractivity contribution in [3.8, 4) is 11.5 Å². The number of imide groups is 1. The van der Waals surface area contributed by atoms with Gasteiger partial charge in [0.2, 0.25) is 0 Å². The van der Waals surface area contributed by atoms with Gasteiger partial charge in [0.05, 0.1) is 18.1 Å². The van der Waals surface area contributed by atoms with Crippen LogP contribution in [0, 0.1) is 0 Å². The van der Waals surface area contributed by atoms with E-state index in [1.807, 2.05) is 43.3 Å². The first-order chi connectivity index (χ1) is 18.0. The molecule has 0 saturated carbocycles. The molecule has 0 N–H and O–H groups in total. The lowest BCUT2D eigenvalue weighted by molar-refractivity contribution is -0.123. The highest BCUT2D eigenvalue weighted by Crippen LogP contribution is 2.36. The Labute approximate surface area is 224 Å². The number of hydrogen-bond donors (Lipinski definition) is 0. The van der Waals surface area contributed by atoms with Crippen molar-refractivity contribution < 1.29 is 19.1 Å². The Morgan fingerprint density at radius 2 is 1.68 bits per heavy atom. The summed E-state index contributed by atoms with van der Waals surface area (Å²) in [6, 6.07) is 27.0. The van der Waals surface area contributed by atoms with Crippen molar-refractivity contribution in [2.75, 3.05) is 6.61 Å². The van der Waals surface area contributed by atoms with Crippen LogP contribution in [-0.2, 0) is 17.9 Å². The van der Waals surface area contributed by atoms with Gasteiger partial charge in [-0.1, -0.05) is 72.3 Å². The average Bonchev–Trinajstić information content (AvgIpc) is 3.17. The Kier molecular flexibility index (Phi) is 7.49. The van der Waals surface area contributed by atoms with Crippen LogP contribution in [0.25, 0.3) is 16.8 Å². The van der Waals surface area contributed by atoms with Gasteiger partial charge in [-0.3, -0.25) is 14.5 Å². The molecule has 2 amide bonds. The molecule has 1 aliphatic heterocycles. The van der Waals surface area contributed by atoms with E-state index < -0.39 is 0 Å². The molecule has 0 bridgehead atoms. The Morgan fingerprint density at radius 1 is 0.892 bits per heavy atom.